The lowest BCUT2D eigenvalue weighted by Crippen LogP contribution is -2.34. The summed E-state index contributed by atoms with van der Waals surface area (Å²) in [6.07, 6.45) is 8.19. The van der Waals surface area contributed by atoms with Gasteiger partial charge >= 0.3 is 0 Å². The lowest BCUT2D eigenvalue weighted by molar-refractivity contribution is 0.197. The molecule has 2 aromatic rings. The number of imidazole rings is 1. The summed E-state index contributed by atoms with van der Waals surface area (Å²) in [5.41, 5.74) is 2.44. The van der Waals surface area contributed by atoms with Gasteiger partial charge in [-0.15, -0.1) is 0 Å². The smallest absolute Gasteiger partial charge is 0.110 e. The summed E-state index contributed by atoms with van der Waals surface area (Å²) in [6, 6.07) is 4.15. The van der Waals surface area contributed by atoms with Crippen molar-refractivity contribution in [2.24, 2.45) is 0 Å². The first-order chi connectivity index (χ1) is 9.31. The highest BCUT2D eigenvalue weighted by atomic mass is 15.1. The number of rotatable bonds is 3. The lowest BCUT2D eigenvalue weighted by Gasteiger charge is -2.31. The van der Waals surface area contributed by atoms with Crippen molar-refractivity contribution < 1.29 is 0 Å². The van der Waals surface area contributed by atoms with E-state index in [1.165, 1.54) is 24.9 Å². The lowest BCUT2D eigenvalue weighted by atomic mass is 9.97. The van der Waals surface area contributed by atoms with Crippen molar-refractivity contribution in [3.05, 3.63) is 47.8 Å². The van der Waals surface area contributed by atoms with Crippen molar-refractivity contribution in [3.63, 3.8) is 0 Å². The summed E-state index contributed by atoms with van der Waals surface area (Å²) in [7, 11) is 0. The molecule has 1 aliphatic rings. The maximum atomic E-state index is 4.49. The SMILES string of the molecule is Cc1cnc(C2CCCN(Cc3cccnc3)C2)[nH]1. The van der Waals surface area contributed by atoms with Gasteiger partial charge in [-0.3, -0.25) is 9.88 Å². The molecule has 4 nitrogen and oxygen atoms in total. The maximum absolute atomic E-state index is 4.49. The van der Waals surface area contributed by atoms with Crippen LogP contribution in [0.4, 0.5) is 0 Å². The molecule has 1 N–H and O–H groups in total. The molecular weight excluding hydrogens is 236 g/mol. The van der Waals surface area contributed by atoms with Crippen molar-refractivity contribution in [1.82, 2.24) is 19.9 Å². The first-order valence-corrected chi connectivity index (χ1v) is 6.94. The highest BCUT2D eigenvalue weighted by molar-refractivity contribution is 5.10. The van der Waals surface area contributed by atoms with Gasteiger partial charge in [0.15, 0.2) is 0 Å². The summed E-state index contributed by atoms with van der Waals surface area (Å²) in [4.78, 5) is 14.6. The van der Waals surface area contributed by atoms with Crippen LogP contribution in [0.5, 0.6) is 0 Å². The van der Waals surface area contributed by atoms with E-state index in [4.69, 9.17) is 0 Å². The minimum atomic E-state index is 0.541. The normalized spacial score (nSPS) is 20.6. The van der Waals surface area contributed by atoms with Gasteiger partial charge in [0, 0.05) is 43.3 Å². The molecule has 0 aromatic carbocycles. The quantitative estimate of drug-likeness (QED) is 0.917. The number of nitrogens with zero attached hydrogens (tertiary/aromatic N) is 3. The van der Waals surface area contributed by atoms with Gasteiger partial charge < -0.3 is 4.98 Å². The van der Waals surface area contributed by atoms with E-state index in [0.29, 0.717) is 5.92 Å². The van der Waals surface area contributed by atoms with Gasteiger partial charge in [0.1, 0.15) is 5.82 Å². The zero-order valence-corrected chi connectivity index (χ0v) is 11.3. The number of aromatic amines is 1. The second-order valence-corrected chi connectivity index (χ2v) is 5.39. The van der Waals surface area contributed by atoms with Crippen LogP contribution in [0.25, 0.3) is 0 Å². The molecule has 0 saturated carbocycles. The molecule has 4 heteroatoms. The number of aryl methyl sites for hydroxylation is 1. The summed E-state index contributed by atoms with van der Waals surface area (Å²) in [5, 5.41) is 0. The van der Waals surface area contributed by atoms with Gasteiger partial charge in [-0.05, 0) is 37.9 Å². The van der Waals surface area contributed by atoms with E-state index in [-0.39, 0.29) is 0 Å². The molecule has 19 heavy (non-hydrogen) atoms. The highest BCUT2D eigenvalue weighted by Gasteiger charge is 2.23. The van der Waals surface area contributed by atoms with Crippen LogP contribution < -0.4 is 0 Å². The second kappa shape index (κ2) is 5.53. The Morgan fingerprint density at radius 2 is 2.37 bits per heavy atom. The molecule has 1 aliphatic heterocycles. The van der Waals surface area contributed by atoms with Crippen molar-refractivity contribution in [2.75, 3.05) is 13.1 Å². The van der Waals surface area contributed by atoms with Crippen LogP contribution in [0.1, 0.15) is 35.8 Å². The Morgan fingerprint density at radius 1 is 1.42 bits per heavy atom. The van der Waals surface area contributed by atoms with Gasteiger partial charge in [-0.2, -0.15) is 0 Å². The number of hydrogen-bond acceptors (Lipinski definition) is 3. The summed E-state index contributed by atoms with van der Waals surface area (Å²) in [5.74, 6) is 1.69. The molecule has 1 fully saturated rings. The van der Waals surface area contributed by atoms with Gasteiger partial charge in [0.05, 0.1) is 0 Å². The Balaban J connectivity index is 1.65. The van der Waals surface area contributed by atoms with E-state index in [2.05, 4.69) is 32.8 Å². The van der Waals surface area contributed by atoms with Crippen molar-refractivity contribution in [2.45, 2.75) is 32.2 Å². The second-order valence-electron chi connectivity index (χ2n) is 5.39. The fraction of sp³-hybridized carbons (Fsp3) is 0.467. The number of hydrogen-bond donors (Lipinski definition) is 1. The van der Waals surface area contributed by atoms with Crippen molar-refractivity contribution in [3.8, 4) is 0 Å². The van der Waals surface area contributed by atoms with Crippen LogP contribution in [-0.4, -0.2) is 32.9 Å². The predicted octanol–water partition coefficient (Wildman–Crippen LogP) is 2.49. The maximum Gasteiger partial charge on any atom is 0.110 e. The largest absolute Gasteiger partial charge is 0.346 e. The van der Waals surface area contributed by atoms with E-state index in [9.17, 15) is 0 Å². The highest BCUT2D eigenvalue weighted by Crippen LogP contribution is 2.25. The number of H-pyrrole nitrogens is 1. The number of pyridine rings is 1. The molecule has 0 amide bonds. The Hall–Kier alpha value is -1.68. The first kappa shape index (κ1) is 12.4. The fourth-order valence-corrected chi connectivity index (χ4v) is 2.81. The number of piperidine rings is 1. The molecule has 100 valence electrons. The van der Waals surface area contributed by atoms with Gasteiger partial charge in [0.2, 0.25) is 0 Å². The van der Waals surface area contributed by atoms with Crippen LogP contribution in [0.15, 0.2) is 30.7 Å². The Labute approximate surface area is 113 Å². The van der Waals surface area contributed by atoms with E-state index < -0.39 is 0 Å². The third-order valence-corrected chi connectivity index (χ3v) is 3.74. The molecule has 3 rings (SSSR count). The van der Waals surface area contributed by atoms with E-state index in [1.54, 1.807) is 0 Å². The standard InChI is InChI=1S/C15H20N4/c1-12-8-17-15(18-12)14-5-3-7-19(11-14)10-13-4-2-6-16-9-13/h2,4,6,8-9,14H,3,5,7,10-11H2,1H3,(H,17,18). The minimum Gasteiger partial charge on any atom is -0.346 e. The van der Waals surface area contributed by atoms with E-state index >= 15 is 0 Å². The molecular formula is C15H20N4. The molecule has 0 spiro atoms. The van der Waals surface area contributed by atoms with Gasteiger partial charge in [-0.1, -0.05) is 6.07 Å². The van der Waals surface area contributed by atoms with Crippen LogP contribution in [-0.2, 0) is 6.54 Å². The Kier molecular flexibility index (Phi) is 3.60. The number of aromatic nitrogens is 3. The van der Waals surface area contributed by atoms with Gasteiger partial charge in [-0.25, -0.2) is 4.98 Å². The Bertz CT molecular complexity index is 520. The third kappa shape index (κ3) is 3.01. The Morgan fingerprint density at radius 3 is 3.11 bits per heavy atom. The number of nitrogens with one attached hydrogen (secondary N) is 1. The van der Waals surface area contributed by atoms with Crippen molar-refractivity contribution in [1.29, 1.82) is 0 Å². The zero-order chi connectivity index (χ0) is 13.1. The third-order valence-electron chi connectivity index (χ3n) is 3.74. The predicted molar refractivity (Wildman–Crippen MR) is 74.8 cm³/mol. The first-order valence-electron chi connectivity index (χ1n) is 6.94. The van der Waals surface area contributed by atoms with E-state index in [1.807, 2.05) is 24.7 Å². The monoisotopic (exact) mass is 256 g/mol. The summed E-state index contributed by atoms with van der Waals surface area (Å²) < 4.78 is 0. The topological polar surface area (TPSA) is 44.8 Å². The summed E-state index contributed by atoms with van der Waals surface area (Å²) >= 11 is 0. The average Bonchev–Trinajstić information content (AvgIpc) is 2.87. The molecule has 1 unspecified atom stereocenters. The number of likely N-dealkylation sites (tertiary alicyclic amines) is 1. The summed E-state index contributed by atoms with van der Waals surface area (Å²) in [6.45, 7) is 5.31. The molecule has 0 radical (unpaired) electrons. The molecule has 0 bridgehead atoms. The van der Waals surface area contributed by atoms with Crippen LogP contribution in [0, 0.1) is 6.92 Å². The van der Waals surface area contributed by atoms with E-state index in [0.717, 1.165) is 24.6 Å². The van der Waals surface area contributed by atoms with Crippen LogP contribution >= 0.6 is 0 Å². The van der Waals surface area contributed by atoms with Crippen LogP contribution in [0.3, 0.4) is 0 Å². The minimum absolute atomic E-state index is 0.541. The average molecular weight is 256 g/mol. The van der Waals surface area contributed by atoms with Crippen LogP contribution in [0.2, 0.25) is 0 Å². The fourth-order valence-electron chi connectivity index (χ4n) is 2.81. The molecule has 2 aromatic heterocycles. The molecule has 1 atom stereocenters. The molecule has 1 saturated heterocycles. The van der Waals surface area contributed by atoms with Crippen molar-refractivity contribution >= 4 is 0 Å². The van der Waals surface area contributed by atoms with Gasteiger partial charge in [0.25, 0.3) is 0 Å². The molecule has 3 heterocycles. The molecule has 0 aliphatic carbocycles. The zero-order valence-electron chi connectivity index (χ0n) is 11.3.